The Hall–Kier alpha value is -2.34. The van der Waals surface area contributed by atoms with Gasteiger partial charge in [0, 0.05) is 42.3 Å². The third kappa shape index (κ3) is 8.11. The van der Waals surface area contributed by atoms with Crippen molar-refractivity contribution in [2.75, 3.05) is 7.05 Å². The first-order valence-corrected chi connectivity index (χ1v) is 14.9. The summed E-state index contributed by atoms with van der Waals surface area (Å²) in [5, 5.41) is 12.8. The van der Waals surface area contributed by atoms with E-state index in [1.165, 1.54) is 19.2 Å². The zero-order valence-electron chi connectivity index (χ0n) is 21.7. The first-order chi connectivity index (χ1) is 19.0. The maximum atomic E-state index is 13.8. The Labute approximate surface area is 242 Å². The van der Waals surface area contributed by atoms with Crippen LogP contribution in [0.4, 0.5) is 13.2 Å². The molecule has 0 amide bonds. The van der Waals surface area contributed by atoms with Gasteiger partial charge >= 0.3 is 6.36 Å². The second kappa shape index (κ2) is 13.1. The molecule has 40 heavy (non-hydrogen) atoms. The molecule has 4 atom stereocenters. The van der Waals surface area contributed by atoms with Crippen molar-refractivity contribution in [1.82, 2.24) is 9.62 Å². The minimum absolute atomic E-state index is 0.193. The van der Waals surface area contributed by atoms with Gasteiger partial charge in [-0.1, -0.05) is 53.9 Å². The lowest BCUT2D eigenvalue weighted by Crippen LogP contribution is -2.56. The van der Waals surface area contributed by atoms with E-state index in [0.29, 0.717) is 36.0 Å². The molecule has 0 aromatic heterocycles. The van der Waals surface area contributed by atoms with Crippen LogP contribution in [0.3, 0.4) is 0 Å². The molecule has 0 radical (unpaired) electrons. The van der Waals surface area contributed by atoms with Crippen molar-refractivity contribution < 1.29 is 27.2 Å². The number of halogens is 5. The summed E-state index contributed by atoms with van der Waals surface area (Å²) < 4.78 is 62.5. The molecule has 1 aliphatic rings. The summed E-state index contributed by atoms with van der Waals surface area (Å²) >= 11 is 12.2. The fraction of sp³-hybridized carbons (Fsp3) is 0.357. The molecule has 0 heterocycles. The third-order valence-corrected chi connectivity index (χ3v) is 9.38. The molecule has 3 aromatic carbocycles. The quantitative estimate of drug-likeness (QED) is 0.276. The number of nitrogens with one attached hydrogen (secondary N) is 1. The number of rotatable bonds is 9. The zero-order valence-corrected chi connectivity index (χ0v) is 24.0. The van der Waals surface area contributed by atoms with Crippen molar-refractivity contribution in [1.29, 1.82) is 0 Å². The number of aliphatic hydroxyl groups is 1. The molecular formula is C28H30Cl2F3N3O3S. The normalized spacial score (nSPS) is 21.1. The van der Waals surface area contributed by atoms with E-state index in [9.17, 15) is 22.5 Å². The predicted molar refractivity (Wildman–Crippen MR) is 151 cm³/mol. The number of aliphatic hydroxyl groups excluding tert-OH is 1. The molecule has 216 valence electrons. The van der Waals surface area contributed by atoms with Crippen molar-refractivity contribution in [3.63, 3.8) is 0 Å². The van der Waals surface area contributed by atoms with Gasteiger partial charge in [0.2, 0.25) is 0 Å². The molecule has 1 fully saturated rings. The van der Waals surface area contributed by atoms with E-state index in [-0.39, 0.29) is 10.9 Å². The minimum Gasteiger partial charge on any atom is -0.406 e. The van der Waals surface area contributed by atoms with Crippen molar-refractivity contribution in [3.8, 4) is 5.75 Å². The van der Waals surface area contributed by atoms with Gasteiger partial charge in [-0.05, 0) is 72.5 Å². The van der Waals surface area contributed by atoms with Crippen LogP contribution in [0.2, 0.25) is 10.0 Å². The summed E-state index contributed by atoms with van der Waals surface area (Å²) in [6.45, 7) is 1.09. The SMILES string of the molecule is CN=S(=O)(NC1CCCC(N(Cc2ccc(Cl)cc2)Cc2ccc(Cl)cc2)C1O)c1ccc(OC(F)(F)F)cc1. The third-order valence-electron chi connectivity index (χ3n) is 6.83. The van der Waals surface area contributed by atoms with Gasteiger partial charge < -0.3 is 9.84 Å². The molecular weight excluding hydrogens is 586 g/mol. The van der Waals surface area contributed by atoms with Gasteiger partial charge in [0.05, 0.1) is 11.0 Å². The molecule has 0 spiro atoms. The molecule has 0 bridgehead atoms. The Morgan fingerprint density at radius 2 is 1.48 bits per heavy atom. The van der Waals surface area contributed by atoms with Gasteiger partial charge in [-0.15, -0.1) is 13.2 Å². The number of ether oxygens (including phenoxy) is 1. The van der Waals surface area contributed by atoms with Gasteiger partial charge in [0.15, 0.2) is 0 Å². The van der Waals surface area contributed by atoms with Crippen molar-refractivity contribution in [2.45, 2.75) is 61.8 Å². The molecule has 1 saturated carbocycles. The van der Waals surface area contributed by atoms with Crippen LogP contribution in [0.5, 0.6) is 5.75 Å². The van der Waals surface area contributed by atoms with Crippen molar-refractivity contribution in [2.24, 2.45) is 4.36 Å². The lowest BCUT2D eigenvalue weighted by Gasteiger charge is -2.42. The monoisotopic (exact) mass is 615 g/mol. The highest BCUT2D eigenvalue weighted by atomic mass is 35.5. The molecule has 1 aliphatic carbocycles. The van der Waals surface area contributed by atoms with Gasteiger partial charge in [-0.3, -0.25) is 4.90 Å². The summed E-state index contributed by atoms with van der Waals surface area (Å²) in [5.74, 6) is -0.424. The second-order valence-electron chi connectivity index (χ2n) is 9.60. The van der Waals surface area contributed by atoms with Gasteiger partial charge in [-0.25, -0.2) is 13.3 Å². The topological polar surface area (TPSA) is 74.2 Å². The van der Waals surface area contributed by atoms with Crippen LogP contribution in [-0.4, -0.2) is 45.8 Å². The van der Waals surface area contributed by atoms with Crippen LogP contribution in [0.1, 0.15) is 30.4 Å². The van der Waals surface area contributed by atoms with Crippen LogP contribution < -0.4 is 9.46 Å². The van der Waals surface area contributed by atoms with Gasteiger partial charge in [0.1, 0.15) is 15.7 Å². The smallest absolute Gasteiger partial charge is 0.406 e. The van der Waals surface area contributed by atoms with Crippen LogP contribution in [0.15, 0.2) is 82.1 Å². The van der Waals surface area contributed by atoms with E-state index >= 15 is 0 Å². The van der Waals surface area contributed by atoms with Crippen LogP contribution in [0, 0.1) is 0 Å². The number of alkyl halides is 3. The first-order valence-electron chi connectivity index (χ1n) is 12.6. The zero-order chi connectivity index (χ0) is 28.9. The lowest BCUT2D eigenvalue weighted by atomic mass is 9.87. The molecule has 12 heteroatoms. The van der Waals surface area contributed by atoms with Crippen LogP contribution in [0.25, 0.3) is 0 Å². The highest BCUT2D eigenvalue weighted by molar-refractivity contribution is 7.91. The number of nitrogens with zero attached hydrogens (tertiary/aromatic N) is 2. The van der Waals surface area contributed by atoms with Gasteiger partial charge in [0.25, 0.3) is 0 Å². The Bertz CT molecular complexity index is 1330. The predicted octanol–water partition coefficient (Wildman–Crippen LogP) is 6.84. The van der Waals surface area contributed by atoms with E-state index in [2.05, 4.69) is 18.7 Å². The maximum Gasteiger partial charge on any atom is 0.573 e. The standard InChI is InChI=1S/C28H30Cl2F3N3O3S/c1-34-40(38,24-15-13-23(14-16-24)39-28(31,32)33)35-25-3-2-4-26(27(25)37)36(17-19-5-9-21(29)10-6-19)18-20-7-11-22(30)12-8-20/h5-16,25-27,37H,2-4,17-18H2,1H3,(H,34,35,38). The van der Waals surface area contributed by atoms with E-state index in [0.717, 1.165) is 29.7 Å². The molecule has 4 rings (SSSR count). The highest BCUT2D eigenvalue weighted by Crippen LogP contribution is 2.30. The minimum atomic E-state index is -4.83. The Morgan fingerprint density at radius 3 is 1.95 bits per heavy atom. The second-order valence-corrected chi connectivity index (χ2v) is 12.6. The Balaban J connectivity index is 1.55. The van der Waals surface area contributed by atoms with Crippen LogP contribution >= 0.6 is 23.2 Å². The van der Waals surface area contributed by atoms with Crippen molar-refractivity contribution in [3.05, 3.63) is 94.0 Å². The molecule has 0 aliphatic heterocycles. The fourth-order valence-electron chi connectivity index (χ4n) is 4.88. The lowest BCUT2D eigenvalue weighted by molar-refractivity contribution is -0.274. The number of hydrogen-bond donors (Lipinski definition) is 2. The van der Waals surface area contributed by atoms with E-state index in [1.54, 1.807) is 0 Å². The van der Waals surface area contributed by atoms with E-state index in [4.69, 9.17) is 23.2 Å². The molecule has 2 N–H and O–H groups in total. The Morgan fingerprint density at radius 1 is 0.950 bits per heavy atom. The molecule has 3 aromatic rings. The molecule has 4 unspecified atom stereocenters. The largest absolute Gasteiger partial charge is 0.573 e. The summed E-state index contributed by atoms with van der Waals surface area (Å²) in [5.41, 5.74) is 2.04. The van der Waals surface area contributed by atoms with Crippen LogP contribution in [-0.2, 0) is 23.0 Å². The summed E-state index contributed by atoms with van der Waals surface area (Å²) in [6, 6.07) is 19.0. The average molecular weight is 617 g/mol. The van der Waals surface area contributed by atoms with Crippen molar-refractivity contribution >= 4 is 33.1 Å². The Kier molecular flexibility index (Phi) is 10.0. The summed E-state index contributed by atoms with van der Waals surface area (Å²) in [7, 11) is -1.87. The first kappa shape index (κ1) is 30.6. The number of benzene rings is 3. The summed E-state index contributed by atoms with van der Waals surface area (Å²) in [4.78, 5) is 2.37. The molecule has 0 saturated heterocycles. The number of hydrogen-bond acceptors (Lipinski definition) is 5. The fourth-order valence-corrected chi connectivity index (χ4v) is 6.76. The summed E-state index contributed by atoms with van der Waals surface area (Å²) in [6.07, 6.45) is -3.71. The maximum absolute atomic E-state index is 13.8. The highest BCUT2D eigenvalue weighted by Gasteiger charge is 2.37. The van der Waals surface area contributed by atoms with Gasteiger partial charge in [-0.2, -0.15) is 0 Å². The van der Waals surface area contributed by atoms with E-state index < -0.39 is 34.2 Å². The molecule has 6 nitrogen and oxygen atoms in total. The average Bonchev–Trinajstić information content (AvgIpc) is 2.91. The van der Waals surface area contributed by atoms with E-state index in [1.807, 2.05) is 48.5 Å².